The van der Waals surface area contributed by atoms with Crippen LogP contribution in [0.1, 0.15) is 36.3 Å². The zero-order valence-corrected chi connectivity index (χ0v) is 18.5. The second-order valence-corrected chi connectivity index (χ2v) is 7.25. The van der Waals surface area contributed by atoms with Crippen molar-refractivity contribution in [1.82, 2.24) is 15.5 Å². The molecule has 1 atom stereocenters. The maximum atomic E-state index is 6.46. The molecule has 31 heavy (non-hydrogen) atoms. The molecule has 3 aromatic rings. The number of rotatable bonds is 9. The van der Waals surface area contributed by atoms with Gasteiger partial charge in [0.2, 0.25) is 0 Å². The Kier molecular flexibility index (Phi) is 7.56. The van der Waals surface area contributed by atoms with Gasteiger partial charge in [-0.3, -0.25) is 0 Å². The average Bonchev–Trinajstić information content (AvgIpc) is 2.78. The Morgan fingerprint density at radius 2 is 1.77 bits per heavy atom. The zero-order chi connectivity index (χ0) is 22.2. The third kappa shape index (κ3) is 5.38. The molecule has 4 N–H and O–H groups in total. The van der Waals surface area contributed by atoms with E-state index in [9.17, 15) is 0 Å². The molecule has 0 aliphatic rings. The standard InChI is InChI=1S/C24H30N6O/c1-16(22-17(2)29-30-24(27-4)23(22)25)28-19-12-8-9-13-21(19)31-20(14-15-26-3)18-10-6-5-7-11-18/h5-13,20,26H,14-15H2,1-4H3,(H2,25,29)(H,27,30). The number of aliphatic imine (C=N–C) groups is 1. The van der Waals surface area contributed by atoms with Crippen LogP contribution in [0, 0.1) is 6.92 Å². The third-order valence-corrected chi connectivity index (χ3v) is 5.04. The van der Waals surface area contributed by atoms with E-state index in [2.05, 4.69) is 33.0 Å². The second kappa shape index (κ2) is 10.5. The molecule has 1 heterocycles. The van der Waals surface area contributed by atoms with E-state index in [1.807, 2.05) is 63.4 Å². The SMILES string of the molecule is CNCCC(Oc1ccccc1N=C(C)c1c(C)nnc(NC)c1N)c1ccccc1. The first-order valence-electron chi connectivity index (χ1n) is 10.4. The van der Waals surface area contributed by atoms with Gasteiger partial charge < -0.3 is 21.1 Å². The summed E-state index contributed by atoms with van der Waals surface area (Å²) in [5, 5.41) is 14.5. The lowest BCUT2D eigenvalue weighted by atomic mass is 10.1. The van der Waals surface area contributed by atoms with Crippen molar-refractivity contribution in [2.24, 2.45) is 4.99 Å². The molecule has 0 aliphatic carbocycles. The minimum Gasteiger partial charge on any atom is -0.483 e. The van der Waals surface area contributed by atoms with Crippen LogP contribution in [-0.4, -0.2) is 36.5 Å². The van der Waals surface area contributed by atoms with Crippen molar-refractivity contribution in [2.45, 2.75) is 26.4 Å². The first kappa shape index (κ1) is 22.2. The minimum absolute atomic E-state index is 0.0874. The van der Waals surface area contributed by atoms with Crippen molar-refractivity contribution in [1.29, 1.82) is 0 Å². The van der Waals surface area contributed by atoms with E-state index in [0.717, 1.165) is 46.9 Å². The molecule has 0 bridgehead atoms. The summed E-state index contributed by atoms with van der Waals surface area (Å²) >= 11 is 0. The number of nitrogens with zero attached hydrogens (tertiary/aromatic N) is 3. The number of aryl methyl sites for hydroxylation is 1. The van der Waals surface area contributed by atoms with Gasteiger partial charge in [0.1, 0.15) is 17.5 Å². The van der Waals surface area contributed by atoms with Gasteiger partial charge in [0.25, 0.3) is 0 Å². The number of hydrogen-bond acceptors (Lipinski definition) is 7. The molecule has 0 spiro atoms. The highest BCUT2D eigenvalue weighted by atomic mass is 16.5. The lowest BCUT2D eigenvalue weighted by Gasteiger charge is -2.21. The summed E-state index contributed by atoms with van der Waals surface area (Å²) in [6.45, 7) is 4.64. The van der Waals surface area contributed by atoms with E-state index in [1.54, 1.807) is 7.05 Å². The van der Waals surface area contributed by atoms with E-state index in [4.69, 9.17) is 15.5 Å². The smallest absolute Gasteiger partial charge is 0.172 e. The van der Waals surface area contributed by atoms with Crippen LogP contribution in [0.4, 0.5) is 17.2 Å². The van der Waals surface area contributed by atoms with Crippen LogP contribution in [-0.2, 0) is 0 Å². The Balaban J connectivity index is 1.96. The molecule has 0 amide bonds. The van der Waals surface area contributed by atoms with Crippen molar-refractivity contribution in [3.8, 4) is 5.75 Å². The number of anilines is 2. The molecule has 162 valence electrons. The van der Waals surface area contributed by atoms with Gasteiger partial charge in [-0.05, 0) is 45.1 Å². The Morgan fingerprint density at radius 1 is 1.06 bits per heavy atom. The van der Waals surface area contributed by atoms with Crippen LogP contribution in [0.5, 0.6) is 5.75 Å². The van der Waals surface area contributed by atoms with Gasteiger partial charge >= 0.3 is 0 Å². The summed E-state index contributed by atoms with van der Waals surface area (Å²) in [6, 6.07) is 18.0. The second-order valence-electron chi connectivity index (χ2n) is 7.25. The van der Waals surface area contributed by atoms with Gasteiger partial charge in [-0.25, -0.2) is 4.99 Å². The molecule has 0 fully saturated rings. The lowest BCUT2D eigenvalue weighted by Crippen LogP contribution is -2.16. The summed E-state index contributed by atoms with van der Waals surface area (Å²) in [6.07, 6.45) is 0.749. The van der Waals surface area contributed by atoms with Gasteiger partial charge in [-0.15, -0.1) is 5.10 Å². The summed E-state index contributed by atoms with van der Waals surface area (Å²) in [4.78, 5) is 4.85. The van der Waals surface area contributed by atoms with Crippen molar-refractivity contribution < 1.29 is 4.74 Å². The topological polar surface area (TPSA) is 97.4 Å². The summed E-state index contributed by atoms with van der Waals surface area (Å²) < 4.78 is 6.46. The summed E-state index contributed by atoms with van der Waals surface area (Å²) in [7, 11) is 3.71. The van der Waals surface area contributed by atoms with E-state index < -0.39 is 0 Å². The lowest BCUT2D eigenvalue weighted by molar-refractivity contribution is 0.196. The first-order valence-corrected chi connectivity index (χ1v) is 10.4. The molecule has 0 saturated carbocycles. The molecule has 0 aliphatic heterocycles. The minimum atomic E-state index is -0.0874. The monoisotopic (exact) mass is 418 g/mol. The van der Waals surface area contributed by atoms with Crippen molar-refractivity contribution in [2.75, 3.05) is 31.7 Å². The number of nitrogens with two attached hydrogens (primary N) is 1. The largest absolute Gasteiger partial charge is 0.483 e. The Hall–Kier alpha value is -3.45. The molecular weight excluding hydrogens is 388 g/mol. The number of hydrogen-bond donors (Lipinski definition) is 3. The fourth-order valence-corrected chi connectivity index (χ4v) is 3.46. The predicted molar refractivity (Wildman–Crippen MR) is 127 cm³/mol. The molecule has 0 radical (unpaired) electrons. The molecule has 7 nitrogen and oxygen atoms in total. The fourth-order valence-electron chi connectivity index (χ4n) is 3.46. The van der Waals surface area contributed by atoms with E-state index >= 15 is 0 Å². The number of aromatic nitrogens is 2. The van der Waals surface area contributed by atoms with Crippen LogP contribution in [0.15, 0.2) is 59.6 Å². The maximum absolute atomic E-state index is 6.46. The molecule has 7 heteroatoms. The van der Waals surface area contributed by atoms with E-state index in [1.165, 1.54) is 0 Å². The summed E-state index contributed by atoms with van der Waals surface area (Å²) in [5.41, 5.74) is 11.0. The molecule has 0 saturated heterocycles. The Labute approximate surface area is 183 Å². The van der Waals surface area contributed by atoms with Crippen molar-refractivity contribution in [3.63, 3.8) is 0 Å². The highest BCUT2D eigenvalue weighted by Gasteiger charge is 2.17. The van der Waals surface area contributed by atoms with Crippen LogP contribution < -0.4 is 21.1 Å². The van der Waals surface area contributed by atoms with Crippen LogP contribution in [0.3, 0.4) is 0 Å². The average molecular weight is 419 g/mol. The number of nitrogens with one attached hydrogen (secondary N) is 2. The Morgan fingerprint density at radius 3 is 2.48 bits per heavy atom. The molecule has 3 rings (SSSR count). The van der Waals surface area contributed by atoms with Gasteiger partial charge in [-0.1, -0.05) is 42.5 Å². The number of benzene rings is 2. The normalized spacial score (nSPS) is 12.5. The van der Waals surface area contributed by atoms with Crippen molar-refractivity contribution in [3.05, 3.63) is 71.4 Å². The predicted octanol–water partition coefficient (Wildman–Crippen LogP) is 4.28. The molecule has 2 aromatic carbocycles. The highest BCUT2D eigenvalue weighted by Crippen LogP contribution is 2.34. The van der Waals surface area contributed by atoms with Gasteiger partial charge in [0.05, 0.1) is 11.4 Å². The van der Waals surface area contributed by atoms with Crippen LogP contribution in [0.25, 0.3) is 0 Å². The quantitative estimate of drug-likeness (QED) is 0.449. The number of ether oxygens (including phenoxy) is 1. The van der Waals surface area contributed by atoms with Gasteiger partial charge in [0, 0.05) is 24.7 Å². The number of para-hydroxylation sites is 2. The molecule has 1 unspecified atom stereocenters. The first-order chi connectivity index (χ1) is 15.0. The fraction of sp³-hybridized carbons (Fsp3) is 0.292. The third-order valence-electron chi connectivity index (χ3n) is 5.04. The number of nitrogen functional groups attached to an aromatic ring is 1. The van der Waals surface area contributed by atoms with Crippen LogP contribution >= 0.6 is 0 Å². The Bertz CT molecular complexity index is 1040. The van der Waals surface area contributed by atoms with Crippen LogP contribution in [0.2, 0.25) is 0 Å². The molecule has 1 aromatic heterocycles. The molecular formula is C24H30N6O. The van der Waals surface area contributed by atoms with Gasteiger partial charge in [-0.2, -0.15) is 5.10 Å². The maximum Gasteiger partial charge on any atom is 0.172 e. The summed E-state index contributed by atoms with van der Waals surface area (Å²) in [5.74, 6) is 1.26. The highest BCUT2D eigenvalue weighted by molar-refractivity contribution is 6.06. The van der Waals surface area contributed by atoms with E-state index in [0.29, 0.717) is 11.5 Å². The van der Waals surface area contributed by atoms with E-state index in [-0.39, 0.29) is 6.10 Å². The zero-order valence-electron chi connectivity index (χ0n) is 18.5. The van der Waals surface area contributed by atoms with Gasteiger partial charge in [0.15, 0.2) is 5.82 Å². The van der Waals surface area contributed by atoms with Crippen molar-refractivity contribution >= 4 is 22.9 Å².